The first kappa shape index (κ1) is 26.1. The first-order chi connectivity index (χ1) is 19.0. The Labute approximate surface area is 234 Å². The first-order valence-electron chi connectivity index (χ1n) is 14.1. The molecule has 0 aliphatic carbocycles. The van der Waals surface area contributed by atoms with Crippen LogP contribution in [0.15, 0.2) is 60.7 Å². The van der Waals surface area contributed by atoms with Gasteiger partial charge in [-0.2, -0.15) is 0 Å². The van der Waals surface area contributed by atoms with Crippen LogP contribution in [0.1, 0.15) is 52.7 Å². The molecule has 4 aromatic rings. The molecule has 0 atom stereocenters. The Morgan fingerprint density at radius 2 is 1.62 bits per heavy atom. The maximum atomic E-state index is 14.0. The first-order valence-corrected chi connectivity index (χ1v) is 14.9. The van der Waals surface area contributed by atoms with E-state index < -0.39 is 0 Å². The minimum absolute atomic E-state index is 0.0173. The summed E-state index contributed by atoms with van der Waals surface area (Å²) in [6.45, 7) is 9.32. The van der Waals surface area contributed by atoms with Gasteiger partial charge in [-0.1, -0.05) is 12.1 Å². The lowest BCUT2D eigenvalue weighted by Gasteiger charge is -2.17. The Morgan fingerprint density at radius 3 is 2.33 bits per heavy atom. The van der Waals surface area contributed by atoms with Crippen LogP contribution in [-0.2, 0) is 6.54 Å². The Bertz CT molecular complexity index is 1460. The molecule has 3 aromatic carbocycles. The lowest BCUT2D eigenvalue weighted by Crippen LogP contribution is -2.25. The number of aryl methyl sites for hydroxylation is 1. The molecule has 39 heavy (non-hydrogen) atoms. The minimum atomic E-state index is 0.0173. The normalized spacial score (nSPS) is 16.3. The van der Waals surface area contributed by atoms with E-state index in [1.54, 1.807) is 23.5 Å². The molecule has 0 saturated carbocycles. The van der Waals surface area contributed by atoms with Crippen molar-refractivity contribution in [2.45, 2.75) is 39.2 Å². The van der Waals surface area contributed by atoms with Crippen LogP contribution in [0.5, 0.6) is 11.5 Å². The summed E-state index contributed by atoms with van der Waals surface area (Å²) < 4.78 is 6.91. The predicted molar refractivity (Wildman–Crippen MR) is 159 cm³/mol. The minimum Gasteiger partial charge on any atom is -0.508 e. The molecule has 1 aromatic heterocycles. The fourth-order valence-electron chi connectivity index (χ4n) is 5.86. The van der Waals surface area contributed by atoms with Gasteiger partial charge in [0.05, 0.1) is 0 Å². The second kappa shape index (κ2) is 11.5. The lowest BCUT2D eigenvalue weighted by molar-refractivity contribution is 0.104. The molecule has 6 heteroatoms. The highest BCUT2D eigenvalue weighted by molar-refractivity contribution is 7.22. The van der Waals surface area contributed by atoms with Crippen LogP contribution in [0.3, 0.4) is 0 Å². The van der Waals surface area contributed by atoms with Crippen LogP contribution in [0, 0.1) is 6.92 Å². The van der Waals surface area contributed by atoms with Gasteiger partial charge in [-0.15, -0.1) is 11.3 Å². The van der Waals surface area contributed by atoms with E-state index in [0.29, 0.717) is 17.7 Å². The highest BCUT2D eigenvalue weighted by Gasteiger charge is 2.23. The van der Waals surface area contributed by atoms with Crippen molar-refractivity contribution in [1.82, 2.24) is 9.80 Å². The molecule has 2 fully saturated rings. The number of hydrogen-bond acceptors (Lipinski definition) is 6. The maximum absolute atomic E-state index is 14.0. The number of phenolic OH excluding ortho intramolecular Hbond substituents is 1. The van der Waals surface area contributed by atoms with Gasteiger partial charge < -0.3 is 9.84 Å². The van der Waals surface area contributed by atoms with Gasteiger partial charge in [0.15, 0.2) is 5.78 Å². The third kappa shape index (κ3) is 5.74. The third-order valence-corrected chi connectivity index (χ3v) is 9.29. The zero-order valence-electron chi connectivity index (χ0n) is 22.6. The molecule has 5 nitrogen and oxygen atoms in total. The number of nitrogens with zero attached hydrogens (tertiary/aromatic N) is 2. The van der Waals surface area contributed by atoms with Gasteiger partial charge in [-0.05, 0) is 124 Å². The van der Waals surface area contributed by atoms with Crippen molar-refractivity contribution in [3.05, 3.63) is 82.9 Å². The SMILES string of the molecule is Cc1cc(C(=O)c2c(-c3ccc(OCCN4CCCC4)cc3)sc3cc(O)ccc23)ccc1CN1CCCC1. The average molecular weight is 541 g/mol. The molecule has 2 saturated heterocycles. The molecule has 202 valence electrons. The molecule has 2 aliphatic heterocycles. The summed E-state index contributed by atoms with van der Waals surface area (Å²) in [7, 11) is 0. The van der Waals surface area contributed by atoms with Crippen molar-refractivity contribution >= 4 is 27.2 Å². The van der Waals surface area contributed by atoms with Crippen molar-refractivity contribution < 1.29 is 14.6 Å². The standard InChI is InChI=1S/C33H36N2O3S/c1-23-20-25(6-7-26(23)22-35-16-4-5-17-35)32(37)31-29-13-10-27(36)21-30(29)39-33(31)24-8-11-28(12-9-24)38-19-18-34-14-2-3-15-34/h6-13,20-21,36H,2-5,14-19,22H2,1H3. The van der Waals surface area contributed by atoms with Gasteiger partial charge in [-0.25, -0.2) is 0 Å². The Morgan fingerprint density at radius 1 is 0.897 bits per heavy atom. The smallest absolute Gasteiger partial charge is 0.195 e. The van der Waals surface area contributed by atoms with E-state index in [4.69, 9.17) is 4.74 Å². The van der Waals surface area contributed by atoms with E-state index >= 15 is 0 Å². The number of carbonyl (C=O) groups excluding carboxylic acids is 1. The summed E-state index contributed by atoms with van der Waals surface area (Å²) >= 11 is 1.55. The van der Waals surface area contributed by atoms with E-state index in [2.05, 4.69) is 22.8 Å². The zero-order valence-corrected chi connectivity index (χ0v) is 23.4. The molecular formula is C33H36N2O3S. The number of ketones is 1. The molecule has 2 aliphatic rings. The largest absolute Gasteiger partial charge is 0.508 e. The van der Waals surface area contributed by atoms with Crippen LogP contribution < -0.4 is 4.74 Å². The van der Waals surface area contributed by atoms with Crippen molar-refractivity contribution in [2.75, 3.05) is 39.3 Å². The second-order valence-electron chi connectivity index (χ2n) is 10.9. The van der Waals surface area contributed by atoms with E-state index in [9.17, 15) is 9.90 Å². The fraction of sp³-hybridized carbons (Fsp3) is 0.364. The highest BCUT2D eigenvalue weighted by Crippen LogP contribution is 2.41. The number of hydrogen-bond donors (Lipinski definition) is 1. The number of aromatic hydroxyl groups is 1. The zero-order chi connectivity index (χ0) is 26.8. The molecule has 0 unspecified atom stereocenters. The predicted octanol–water partition coefficient (Wildman–Crippen LogP) is 6.88. The van der Waals surface area contributed by atoms with Crippen molar-refractivity contribution in [3.63, 3.8) is 0 Å². The number of benzene rings is 3. The molecule has 0 radical (unpaired) electrons. The Balaban J connectivity index is 1.27. The van der Waals surface area contributed by atoms with Gasteiger partial charge in [0.2, 0.25) is 0 Å². The van der Waals surface area contributed by atoms with Gasteiger partial charge in [0.25, 0.3) is 0 Å². The van der Waals surface area contributed by atoms with Gasteiger partial charge in [0, 0.05) is 39.2 Å². The summed E-state index contributed by atoms with van der Waals surface area (Å²) in [5, 5.41) is 11.0. The summed E-state index contributed by atoms with van der Waals surface area (Å²) in [5.41, 5.74) is 4.82. The van der Waals surface area contributed by atoms with E-state index in [0.717, 1.165) is 58.0 Å². The summed E-state index contributed by atoms with van der Waals surface area (Å²) in [6, 6.07) is 19.5. The quantitative estimate of drug-likeness (QED) is 0.235. The van der Waals surface area contributed by atoms with Crippen LogP contribution in [0.2, 0.25) is 0 Å². The number of carbonyl (C=O) groups is 1. The van der Waals surface area contributed by atoms with E-state index in [1.807, 2.05) is 42.5 Å². The number of rotatable bonds is 9. The van der Waals surface area contributed by atoms with Gasteiger partial charge >= 0.3 is 0 Å². The van der Waals surface area contributed by atoms with E-state index in [1.165, 1.54) is 44.3 Å². The number of likely N-dealkylation sites (tertiary alicyclic amines) is 2. The van der Waals surface area contributed by atoms with Gasteiger partial charge in [0.1, 0.15) is 18.1 Å². The maximum Gasteiger partial charge on any atom is 0.195 e. The Hall–Kier alpha value is -3.19. The van der Waals surface area contributed by atoms with Crippen molar-refractivity contribution in [1.29, 1.82) is 0 Å². The number of ether oxygens (including phenoxy) is 1. The summed E-state index contributed by atoms with van der Waals surface area (Å²) in [4.78, 5) is 19.9. The molecule has 0 spiro atoms. The third-order valence-electron chi connectivity index (χ3n) is 8.09. The summed E-state index contributed by atoms with van der Waals surface area (Å²) in [5.74, 6) is 1.07. The molecule has 0 amide bonds. The molecule has 1 N–H and O–H groups in total. The second-order valence-corrected chi connectivity index (χ2v) is 11.9. The monoisotopic (exact) mass is 540 g/mol. The van der Waals surface area contributed by atoms with Crippen LogP contribution in [0.25, 0.3) is 20.5 Å². The lowest BCUT2D eigenvalue weighted by atomic mass is 9.95. The van der Waals surface area contributed by atoms with Gasteiger partial charge in [-0.3, -0.25) is 14.6 Å². The van der Waals surface area contributed by atoms with Crippen LogP contribution in [0.4, 0.5) is 0 Å². The Kier molecular flexibility index (Phi) is 7.69. The highest BCUT2D eigenvalue weighted by atomic mass is 32.1. The average Bonchev–Trinajstić information content (AvgIpc) is 3.71. The van der Waals surface area contributed by atoms with Crippen LogP contribution >= 0.6 is 11.3 Å². The molecular weight excluding hydrogens is 504 g/mol. The number of fused-ring (bicyclic) bond motifs is 1. The topological polar surface area (TPSA) is 53.0 Å². The van der Waals surface area contributed by atoms with Crippen molar-refractivity contribution in [3.8, 4) is 21.9 Å². The summed E-state index contributed by atoms with van der Waals surface area (Å²) in [6.07, 6.45) is 5.10. The molecule has 3 heterocycles. The number of thiophene rings is 1. The van der Waals surface area contributed by atoms with Crippen LogP contribution in [-0.4, -0.2) is 60.0 Å². The fourth-order valence-corrected chi connectivity index (χ4v) is 7.09. The van der Waals surface area contributed by atoms with Crippen molar-refractivity contribution in [2.24, 2.45) is 0 Å². The molecule has 6 rings (SSSR count). The van der Waals surface area contributed by atoms with E-state index in [-0.39, 0.29) is 11.5 Å². The number of phenols is 1. The molecule has 0 bridgehead atoms.